The highest BCUT2D eigenvalue weighted by Gasteiger charge is 2.25. The van der Waals surface area contributed by atoms with E-state index in [4.69, 9.17) is 0 Å². The first kappa shape index (κ1) is 18.5. The monoisotopic (exact) mass is 334 g/mol. The summed E-state index contributed by atoms with van der Waals surface area (Å²) in [6.45, 7) is 7.24. The molecule has 1 heterocycles. The molecule has 0 radical (unpaired) electrons. The van der Waals surface area contributed by atoms with E-state index < -0.39 is 10.0 Å². The van der Waals surface area contributed by atoms with E-state index in [0.29, 0.717) is 6.54 Å². The Bertz CT molecular complexity index is 528. The van der Waals surface area contributed by atoms with Crippen LogP contribution in [0.25, 0.3) is 0 Å². The molecule has 8 heteroatoms. The maximum Gasteiger partial charge on any atom is 0.260 e. The first-order valence-corrected chi connectivity index (χ1v) is 10.1. The van der Waals surface area contributed by atoms with Gasteiger partial charge in [-0.3, -0.25) is 5.10 Å². The van der Waals surface area contributed by atoms with E-state index >= 15 is 0 Å². The van der Waals surface area contributed by atoms with Gasteiger partial charge < -0.3 is 5.32 Å². The van der Waals surface area contributed by atoms with Crippen LogP contribution in [0.4, 0.5) is 0 Å². The Balaban J connectivity index is 2.92. The van der Waals surface area contributed by atoms with Gasteiger partial charge in [0.15, 0.2) is 5.03 Å². The summed E-state index contributed by atoms with van der Waals surface area (Å²) in [6.07, 6.45) is 3.73. The predicted molar refractivity (Wildman–Crippen MR) is 88.1 cm³/mol. The van der Waals surface area contributed by atoms with E-state index in [0.717, 1.165) is 36.4 Å². The number of nitrogens with zero attached hydrogens (tertiary/aromatic N) is 1. The van der Waals surface area contributed by atoms with Crippen LogP contribution in [0.5, 0.6) is 0 Å². The lowest BCUT2D eigenvalue weighted by Crippen LogP contribution is -2.37. The molecular formula is C13H26N4O2S2. The van der Waals surface area contributed by atoms with Gasteiger partial charge in [-0.2, -0.15) is 16.9 Å². The van der Waals surface area contributed by atoms with Gasteiger partial charge >= 0.3 is 0 Å². The zero-order valence-electron chi connectivity index (χ0n) is 13.2. The smallest absolute Gasteiger partial charge is 0.260 e. The summed E-state index contributed by atoms with van der Waals surface area (Å²) in [7, 11) is -3.59. The van der Waals surface area contributed by atoms with E-state index in [1.54, 1.807) is 11.8 Å². The number of aromatic amines is 1. The second kappa shape index (κ2) is 8.77. The summed E-state index contributed by atoms with van der Waals surface area (Å²) < 4.78 is 27.8. The highest BCUT2D eigenvalue weighted by molar-refractivity contribution is 7.98. The minimum Gasteiger partial charge on any atom is -0.313 e. The third-order valence-corrected chi connectivity index (χ3v) is 5.43. The standard InChI is InChI=1S/C13H26N4O2S2/c1-5-7-14-8-12-10(3)15-16-13(12)21(18,19)17-11(6-2)9-20-4/h11,14,17H,5-9H2,1-4H3,(H,15,16). The quantitative estimate of drug-likeness (QED) is 0.566. The summed E-state index contributed by atoms with van der Waals surface area (Å²) >= 11 is 1.63. The Morgan fingerprint density at radius 2 is 2.10 bits per heavy atom. The number of hydrogen-bond donors (Lipinski definition) is 3. The molecule has 21 heavy (non-hydrogen) atoms. The molecule has 0 aliphatic heterocycles. The Morgan fingerprint density at radius 1 is 1.38 bits per heavy atom. The SMILES string of the molecule is CCCNCc1c(S(=O)(=O)NC(CC)CSC)n[nH]c1C. The molecule has 0 saturated carbocycles. The predicted octanol–water partition coefficient (Wildman–Crippen LogP) is 1.64. The van der Waals surface area contributed by atoms with Crippen molar-refractivity contribution >= 4 is 21.8 Å². The maximum atomic E-state index is 12.5. The van der Waals surface area contributed by atoms with Crippen LogP contribution in [0.15, 0.2) is 5.03 Å². The van der Waals surface area contributed by atoms with Crippen molar-refractivity contribution in [1.29, 1.82) is 0 Å². The highest BCUT2D eigenvalue weighted by Crippen LogP contribution is 2.17. The molecule has 0 saturated heterocycles. The molecule has 6 nitrogen and oxygen atoms in total. The van der Waals surface area contributed by atoms with Crippen molar-refractivity contribution in [3.8, 4) is 0 Å². The third kappa shape index (κ3) is 5.28. The van der Waals surface area contributed by atoms with Crippen molar-refractivity contribution < 1.29 is 8.42 Å². The van der Waals surface area contributed by atoms with Gasteiger partial charge in [-0.25, -0.2) is 13.1 Å². The molecule has 0 spiro atoms. The van der Waals surface area contributed by atoms with Crippen LogP contribution < -0.4 is 10.0 Å². The van der Waals surface area contributed by atoms with Crippen molar-refractivity contribution in [1.82, 2.24) is 20.2 Å². The Morgan fingerprint density at radius 3 is 2.67 bits per heavy atom. The van der Waals surface area contributed by atoms with Gasteiger partial charge in [-0.1, -0.05) is 13.8 Å². The molecule has 1 unspecified atom stereocenters. The van der Waals surface area contributed by atoms with Gasteiger partial charge in [0.2, 0.25) is 0 Å². The lowest BCUT2D eigenvalue weighted by molar-refractivity contribution is 0.551. The van der Waals surface area contributed by atoms with Gasteiger partial charge in [0.05, 0.1) is 0 Å². The molecule has 0 bridgehead atoms. The van der Waals surface area contributed by atoms with Crippen LogP contribution in [0, 0.1) is 6.92 Å². The Kier molecular flexibility index (Phi) is 7.72. The summed E-state index contributed by atoms with van der Waals surface area (Å²) in [5, 5.41) is 10.1. The molecule has 1 rings (SSSR count). The number of sulfonamides is 1. The van der Waals surface area contributed by atoms with Crippen molar-refractivity contribution in [2.24, 2.45) is 0 Å². The molecule has 1 aromatic rings. The van der Waals surface area contributed by atoms with Gasteiger partial charge in [-0.05, 0) is 32.6 Å². The molecule has 0 aliphatic carbocycles. The number of rotatable bonds is 10. The summed E-state index contributed by atoms with van der Waals surface area (Å²) in [5.41, 5.74) is 1.51. The normalized spacial score (nSPS) is 13.5. The average Bonchev–Trinajstić information content (AvgIpc) is 2.81. The molecule has 122 valence electrons. The van der Waals surface area contributed by atoms with E-state index in [2.05, 4.69) is 27.2 Å². The number of H-pyrrole nitrogens is 1. The first-order chi connectivity index (χ1) is 9.96. The fourth-order valence-electron chi connectivity index (χ4n) is 1.96. The second-order valence-corrected chi connectivity index (χ2v) is 7.53. The van der Waals surface area contributed by atoms with Crippen molar-refractivity contribution in [2.75, 3.05) is 18.6 Å². The van der Waals surface area contributed by atoms with E-state index in [9.17, 15) is 8.42 Å². The van der Waals surface area contributed by atoms with Gasteiger partial charge in [0.1, 0.15) is 0 Å². The molecule has 3 N–H and O–H groups in total. The van der Waals surface area contributed by atoms with E-state index in [1.165, 1.54) is 0 Å². The number of nitrogens with one attached hydrogen (secondary N) is 3. The number of aryl methyl sites for hydroxylation is 1. The van der Waals surface area contributed by atoms with Crippen LogP contribution >= 0.6 is 11.8 Å². The summed E-state index contributed by atoms with van der Waals surface area (Å²) in [4.78, 5) is 0. The molecular weight excluding hydrogens is 308 g/mol. The lowest BCUT2D eigenvalue weighted by atomic mass is 10.2. The minimum absolute atomic E-state index is 0.0709. The largest absolute Gasteiger partial charge is 0.313 e. The number of hydrogen-bond acceptors (Lipinski definition) is 5. The summed E-state index contributed by atoms with van der Waals surface area (Å²) in [6, 6.07) is -0.0709. The van der Waals surface area contributed by atoms with Crippen LogP contribution in [0.3, 0.4) is 0 Å². The average molecular weight is 335 g/mol. The van der Waals surface area contributed by atoms with Crippen molar-refractivity contribution in [3.05, 3.63) is 11.3 Å². The fraction of sp³-hybridized carbons (Fsp3) is 0.769. The molecule has 0 amide bonds. The second-order valence-electron chi connectivity index (χ2n) is 4.99. The molecule has 0 aliphatic rings. The van der Waals surface area contributed by atoms with E-state index in [-0.39, 0.29) is 11.1 Å². The topological polar surface area (TPSA) is 86.9 Å². The Labute approximate surface area is 131 Å². The van der Waals surface area contributed by atoms with Crippen LogP contribution in [0.1, 0.15) is 37.9 Å². The zero-order chi connectivity index (χ0) is 15.9. The lowest BCUT2D eigenvalue weighted by Gasteiger charge is -2.15. The first-order valence-electron chi connectivity index (χ1n) is 7.22. The van der Waals surface area contributed by atoms with Crippen molar-refractivity contribution in [2.45, 2.75) is 51.2 Å². The van der Waals surface area contributed by atoms with Crippen LogP contribution in [-0.2, 0) is 16.6 Å². The van der Waals surface area contributed by atoms with Gasteiger partial charge in [0.25, 0.3) is 10.0 Å². The maximum absolute atomic E-state index is 12.5. The van der Waals surface area contributed by atoms with Gasteiger partial charge in [-0.15, -0.1) is 0 Å². The molecule has 1 atom stereocenters. The van der Waals surface area contributed by atoms with Crippen molar-refractivity contribution in [3.63, 3.8) is 0 Å². The molecule has 0 fully saturated rings. The third-order valence-electron chi connectivity index (χ3n) is 3.20. The zero-order valence-corrected chi connectivity index (χ0v) is 14.8. The molecule has 1 aromatic heterocycles. The Hall–Kier alpha value is -0.570. The highest BCUT2D eigenvalue weighted by atomic mass is 32.2. The van der Waals surface area contributed by atoms with Crippen LogP contribution in [-0.4, -0.2) is 43.2 Å². The number of aromatic nitrogens is 2. The van der Waals surface area contributed by atoms with Crippen LogP contribution in [0.2, 0.25) is 0 Å². The minimum atomic E-state index is -3.59. The number of thioether (sulfide) groups is 1. The summed E-state index contributed by atoms with van der Waals surface area (Å²) in [5.74, 6) is 0.753. The van der Waals surface area contributed by atoms with E-state index in [1.807, 2.05) is 20.1 Å². The fourth-order valence-corrected chi connectivity index (χ4v) is 4.31. The van der Waals surface area contributed by atoms with Gasteiger partial charge in [0, 0.05) is 29.6 Å². The molecule has 0 aromatic carbocycles.